The van der Waals surface area contributed by atoms with Crippen LogP contribution in [-0.2, 0) is 9.47 Å². The highest BCUT2D eigenvalue weighted by Crippen LogP contribution is 2.37. The summed E-state index contributed by atoms with van der Waals surface area (Å²) >= 11 is 10.1. The summed E-state index contributed by atoms with van der Waals surface area (Å²) < 4.78 is 12.2. The number of fused-ring (bicyclic) bond motifs is 1. The van der Waals surface area contributed by atoms with Crippen molar-refractivity contribution in [3.8, 4) is 12.3 Å². The SMILES string of the molecule is C#CC=CC[C@H]1O[C@H]2C[C@@H](Br)[C@@H](CC)O[C@H]2C[C@H]1Cl. The Morgan fingerprint density at radius 2 is 2.00 bits per heavy atom. The van der Waals surface area contributed by atoms with E-state index in [9.17, 15) is 0 Å². The van der Waals surface area contributed by atoms with Gasteiger partial charge in [-0.15, -0.1) is 18.0 Å². The maximum atomic E-state index is 6.41. The van der Waals surface area contributed by atoms with Crippen molar-refractivity contribution in [1.82, 2.24) is 0 Å². The van der Waals surface area contributed by atoms with Gasteiger partial charge in [-0.25, -0.2) is 0 Å². The van der Waals surface area contributed by atoms with Crippen LogP contribution < -0.4 is 0 Å². The van der Waals surface area contributed by atoms with Crippen LogP contribution in [0.2, 0.25) is 0 Å². The first-order valence-electron chi connectivity index (χ1n) is 6.85. The molecular weight excluding hydrogens is 328 g/mol. The maximum Gasteiger partial charge on any atom is 0.0856 e. The van der Waals surface area contributed by atoms with E-state index in [1.807, 2.05) is 6.08 Å². The fourth-order valence-electron chi connectivity index (χ4n) is 2.78. The zero-order chi connectivity index (χ0) is 13.8. The van der Waals surface area contributed by atoms with Gasteiger partial charge in [0.15, 0.2) is 0 Å². The Hall–Kier alpha value is -0.0100. The van der Waals surface area contributed by atoms with Crippen LogP contribution in [0.15, 0.2) is 12.2 Å². The summed E-state index contributed by atoms with van der Waals surface area (Å²) in [6, 6.07) is 0. The predicted molar refractivity (Wildman–Crippen MR) is 81.8 cm³/mol. The lowest BCUT2D eigenvalue weighted by Crippen LogP contribution is -2.53. The molecule has 2 fully saturated rings. The highest BCUT2D eigenvalue weighted by Gasteiger charge is 2.43. The second-order valence-electron chi connectivity index (χ2n) is 5.14. The molecule has 0 aromatic carbocycles. The molecule has 0 amide bonds. The Labute approximate surface area is 129 Å². The van der Waals surface area contributed by atoms with Crippen LogP contribution in [0.4, 0.5) is 0 Å². The fourth-order valence-corrected chi connectivity index (χ4v) is 3.99. The summed E-state index contributed by atoms with van der Waals surface area (Å²) in [5.74, 6) is 2.49. The summed E-state index contributed by atoms with van der Waals surface area (Å²) in [7, 11) is 0. The number of halogens is 2. The minimum absolute atomic E-state index is 0.00643. The van der Waals surface area contributed by atoms with Gasteiger partial charge in [-0.05, 0) is 31.8 Å². The number of terminal acetylenes is 1. The predicted octanol–water partition coefficient (Wildman–Crippen LogP) is 3.66. The van der Waals surface area contributed by atoms with E-state index >= 15 is 0 Å². The second-order valence-corrected chi connectivity index (χ2v) is 6.88. The highest BCUT2D eigenvalue weighted by atomic mass is 79.9. The van der Waals surface area contributed by atoms with Gasteiger partial charge in [0.25, 0.3) is 0 Å². The second kappa shape index (κ2) is 7.13. The van der Waals surface area contributed by atoms with Crippen LogP contribution in [0.25, 0.3) is 0 Å². The molecule has 2 aliphatic rings. The first-order valence-corrected chi connectivity index (χ1v) is 8.21. The molecule has 0 aromatic heterocycles. The molecule has 2 nitrogen and oxygen atoms in total. The molecule has 0 aliphatic carbocycles. The molecule has 2 rings (SSSR count). The third-order valence-electron chi connectivity index (χ3n) is 3.82. The molecule has 2 heterocycles. The molecule has 0 bridgehead atoms. The third kappa shape index (κ3) is 3.76. The van der Waals surface area contributed by atoms with E-state index in [2.05, 4.69) is 28.8 Å². The van der Waals surface area contributed by atoms with Crippen molar-refractivity contribution in [2.75, 3.05) is 0 Å². The lowest BCUT2D eigenvalue weighted by atomic mass is 9.91. The number of hydrogen-bond donors (Lipinski definition) is 0. The first kappa shape index (κ1) is 15.4. The molecule has 0 N–H and O–H groups in total. The molecule has 19 heavy (non-hydrogen) atoms. The van der Waals surface area contributed by atoms with E-state index in [0.717, 1.165) is 25.7 Å². The molecule has 0 aromatic rings. The Kier molecular flexibility index (Phi) is 5.77. The number of alkyl halides is 2. The van der Waals surface area contributed by atoms with Crippen molar-refractivity contribution >= 4 is 27.5 Å². The zero-order valence-electron chi connectivity index (χ0n) is 11.1. The number of ether oxygens (including phenoxy) is 2. The lowest BCUT2D eigenvalue weighted by Gasteiger charge is -2.45. The van der Waals surface area contributed by atoms with Crippen LogP contribution in [-0.4, -0.2) is 34.6 Å². The topological polar surface area (TPSA) is 18.5 Å². The van der Waals surface area contributed by atoms with Gasteiger partial charge in [0.05, 0.1) is 29.8 Å². The lowest BCUT2D eigenvalue weighted by molar-refractivity contribution is -0.181. The Balaban J connectivity index is 1.95. The molecule has 2 aliphatic heterocycles. The summed E-state index contributed by atoms with van der Waals surface area (Å²) in [6.07, 6.45) is 13.1. The summed E-state index contributed by atoms with van der Waals surface area (Å²) in [6.45, 7) is 2.15. The molecule has 4 heteroatoms. The van der Waals surface area contributed by atoms with Gasteiger partial charge in [0, 0.05) is 4.83 Å². The quantitative estimate of drug-likeness (QED) is 0.573. The van der Waals surface area contributed by atoms with Gasteiger partial charge in [0.2, 0.25) is 0 Å². The largest absolute Gasteiger partial charge is 0.371 e. The van der Waals surface area contributed by atoms with Crippen LogP contribution in [0.5, 0.6) is 0 Å². The molecular formula is C15H20BrClO2. The fraction of sp³-hybridized carbons (Fsp3) is 0.733. The van der Waals surface area contributed by atoms with Gasteiger partial charge in [-0.2, -0.15) is 0 Å². The molecule has 6 atom stereocenters. The number of hydrogen-bond acceptors (Lipinski definition) is 2. The molecule has 0 saturated carbocycles. The monoisotopic (exact) mass is 346 g/mol. The average molecular weight is 348 g/mol. The van der Waals surface area contributed by atoms with Crippen molar-refractivity contribution in [3.63, 3.8) is 0 Å². The van der Waals surface area contributed by atoms with E-state index in [1.54, 1.807) is 6.08 Å². The van der Waals surface area contributed by atoms with Gasteiger partial charge in [0.1, 0.15) is 0 Å². The number of allylic oxidation sites excluding steroid dienone is 1. The summed E-state index contributed by atoms with van der Waals surface area (Å²) in [4.78, 5) is 0.368. The Morgan fingerprint density at radius 3 is 2.68 bits per heavy atom. The minimum atomic E-state index is -0.00643. The molecule has 2 saturated heterocycles. The van der Waals surface area contributed by atoms with Crippen molar-refractivity contribution in [1.29, 1.82) is 0 Å². The van der Waals surface area contributed by atoms with E-state index in [4.69, 9.17) is 27.5 Å². The minimum Gasteiger partial charge on any atom is -0.371 e. The van der Waals surface area contributed by atoms with Gasteiger partial charge in [-0.1, -0.05) is 34.9 Å². The van der Waals surface area contributed by atoms with Crippen LogP contribution in [0.1, 0.15) is 32.6 Å². The summed E-state index contributed by atoms with van der Waals surface area (Å²) in [5.41, 5.74) is 0. The van der Waals surface area contributed by atoms with Crippen molar-refractivity contribution in [2.45, 2.75) is 67.2 Å². The summed E-state index contributed by atoms with van der Waals surface area (Å²) in [5, 5.41) is -0.00643. The molecule has 106 valence electrons. The smallest absolute Gasteiger partial charge is 0.0856 e. The van der Waals surface area contributed by atoms with Gasteiger partial charge < -0.3 is 9.47 Å². The zero-order valence-corrected chi connectivity index (χ0v) is 13.4. The van der Waals surface area contributed by atoms with Crippen molar-refractivity contribution in [2.24, 2.45) is 0 Å². The average Bonchev–Trinajstić information content (AvgIpc) is 2.39. The number of rotatable bonds is 3. The van der Waals surface area contributed by atoms with Gasteiger partial charge >= 0.3 is 0 Å². The molecule has 0 radical (unpaired) electrons. The van der Waals surface area contributed by atoms with Crippen molar-refractivity contribution < 1.29 is 9.47 Å². The molecule has 0 spiro atoms. The van der Waals surface area contributed by atoms with E-state index in [0.29, 0.717) is 4.83 Å². The standard InChI is InChI=1S/C15H20BrClO2/c1-3-5-6-7-13-11(17)9-15-14(19-13)8-10(16)12(4-2)18-15/h1,5-6,10-15H,4,7-9H2,2H3/t10-,11-,12-,13-,14+,15+/m1/s1. The molecule has 0 unspecified atom stereocenters. The third-order valence-corrected chi connectivity index (χ3v) is 5.24. The Morgan fingerprint density at radius 1 is 1.32 bits per heavy atom. The van der Waals surface area contributed by atoms with Crippen molar-refractivity contribution in [3.05, 3.63) is 12.2 Å². The van der Waals surface area contributed by atoms with E-state index < -0.39 is 0 Å². The van der Waals surface area contributed by atoms with Gasteiger partial charge in [-0.3, -0.25) is 0 Å². The van der Waals surface area contributed by atoms with Crippen LogP contribution >= 0.6 is 27.5 Å². The highest BCUT2D eigenvalue weighted by molar-refractivity contribution is 9.09. The van der Waals surface area contributed by atoms with Crippen LogP contribution in [0, 0.1) is 12.3 Å². The normalized spacial score (nSPS) is 42.8. The maximum absolute atomic E-state index is 6.41. The van der Waals surface area contributed by atoms with E-state index in [1.165, 1.54) is 0 Å². The Bertz CT molecular complexity index is 366. The van der Waals surface area contributed by atoms with E-state index in [-0.39, 0.29) is 29.8 Å². The van der Waals surface area contributed by atoms with Crippen LogP contribution in [0.3, 0.4) is 0 Å². The first-order chi connectivity index (χ1) is 9.15.